The van der Waals surface area contributed by atoms with Gasteiger partial charge < -0.3 is 20.3 Å². The zero-order valence-electron chi connectivity index (χ0n) is 16.3. The van der Waals surface area contributed by atoms with Gasteiger partial charge in [-0.3, -0.25) is 5.41 Å². The predicted octanol–water partition coefficient (Wildman–Crippen LogP) is 4.01. The average Bonchev–Trinajstić information content (AvgIpc) is 3.17. The number of fused-ring (bicyclic) bond motifs is 2. The van der Waals surface area contributed by atoms with E-state index in [1.807, 2.05) is 29.2 Å². The van der Waals surface area contributed by atoms with Gasteiger partial charge in [0.15, 0.2) is 5.96 Å². The highest BCUT2D eigenvalue weighted by Gasteiger charge is 2.22. The molecular formula is C23H25N5O. The molecule has 2 heterocycles. The number of nitrogens with one attached hydrogen (secondary N) is 3. The minimum absolute atomic E-state index is 0.325. The van der Waals surface area contributed by atoms with Crippen molar-refractivity contribution in [2.45, 2.75) is 18.9 Å². The van der Waals surface area contributed by atoms with E-state index >= 15 is 0 Å². The molecule has 1 aliphatic carbocycles. The summed E-state index contributed by atoms with van der Waals surface area (Å²) in [6, 6.07) is 19.1. The molecule has 1 aliphatic heterocycles. The van der Waals surface area contributed by atoms with E-state index in [1.54, 1.807) is 0 Å². The summed E-state index contributed by atoms with van der Waals surface area (Å²) >= 11 is 0. The molecule has 3 N–H and O–H groups in total. The average molecular weight is 387 g/mol. The Morgan fingerprint density at radius 3 is 2.83 bits per heavy atom. The zero-order chi connectivity index (χ0) is 19.6. The second-order valence-electron chi connectivity index (χ2n) is 7.61. The topological polar surface area (TPSA) is 73.3 Å². The highest BCUT2D eigenvalue weighted by molar-refractivity contribution is 5.94. The third kappa shape index (κ3) is 3.76. The number of aromatic nitrogens is 1. The van der Waals surface area contributed by atoms with Gasteiger partial charge in [0.05, 0.1) is 24.8 Å². The van der Waals surface area contributed by atoms with E-state index in [1.165, 1.54) is 11.1 Å². The van der Waals surface area contributed by atoms with Gasteiger partial charge in [0, 0.05) is 24.2 Å². The number of anilines is 2. The first-order valence-electron chi connectivity index (χ1n) is 10.2. The van der Waals surface area contributed by atoms with E-state index in [0.29, 0.717) is 25.2 Å². The van der Waals surface area contributed by atoms with Crippen LogP contribution in [0.25, 0.3) is 10.9 Å². The second kappa shape index (κ2) is 7.72. The lowest BCUT2D eigenvalue weighted by Crippen LogP contribution is -2.43. The molecule has 6 heteroatoms. The van der Waals surface area contributed by atoms with E-state index in [2.05, 4.69) is 41.0 Å². The molecule has 3 aromatic rings. The number of rotatable bonds is 3. The SMILES string of the molecule is N=C(Nc1ccc2nc(N[C@@H]3CCc4ccccc43)ccc2c1)N1CCOCC1. The predicted molar refractivity (Wildman–Crippen MR) is 117 cm³/mol. The summed E-state index contributed by atoms with van der Waals surface area (Å²) < 4.78 is 5.36. The van der Waals surface area contributed by atoms with Crippen LogP contribution in [0.1, 0.15) is 23.6 Å². The van der Waals surface area contributed by atoms with E-state index in [0.717, 1.165) is 48.3 Å². The number of nitrogens with zero attached hydrogens (tertiary/aromatic N) is 2. The maximum atomic E-state index is 8.28. The number of pyridine rings is 1. The second-order valence-corrected chi connectivity index (χ2v) is 7.61. The first-order chi connectivity index (χ1) is 14.3. The Morgan fingerprint density at radius 2 is 1.93 bits per heavy atom. The van der Waals surface area contributed by atoms with E-state index in [9.17, 15) is 0 Å². The summed E-state index contributed by atoms with van der Waals surface area (Å²) in [5, 5.41) is 16.1. The van der Waals surface area contributed by atoms with Crippen LogP contribution in [0.3, 0.4) is 0 Å². The fourth-order valence-electron chi connectivity index (χ4n) is 4.17. The number of ether oxygens (including phenoxy) is 1. The maximum absolute atomic E-state index is 8.28. The van der Waals surface area contributed by atoms with Crippen LogP contribution in [0.4, 0.5) is 11.5 Å². The smallest absolute Gasteiger partial charge is 0.195 e. The molecular weight excluding hydrogens is 362 g/mol. The highest BCUT2D eigenvalue weighted by atomic mass is 16.5. The molecule has 1 aromatic heterocycles. The molecule has 0 amide bonds. The molecule has 0 spiro atoms. The molecule has 148 valence electrons. The monoisotopic (exact) mass is 387 g/mol. The van der Waals surface area contributed by atoms with Crippen molar-refractivity contribution in [2.24, 2.45) is 0 Å². The molecule has 0 unspecified atom stereocenters. The first kappa shape index (κ1) is 17.9. The van der Waals surface area contributed by atoms with Crippen molar-refractivity contribution in [2.75, 3.05) is 36.9 Å². The van der Waals surface area contributed by atoms with Gasteiger partial charge in [0.2, 0.25) is 0 Å². The van der Waals surface area contributed by atoms with Crippen molar-refractivity contribution in [3.05, 3.63) is 65.7 Å². The Balaban J connectivity index is 1.30. The minimum atomic E-state index is 0.325. The number of hydrogen-bond donors (Lipinski definition) is 3. The van der Waals surface area contributed by atoms with Crippen molar-refractivity contribution >= 4 is 28.4 Å². The standard InChI is InChI=1S/C23H25N5O/c24-23(28-11-13-29-14-12-28)25-18-7-9-20-17(15-18)6-10-22(26-20)27-21-8-5-16-3-1-2-4-19(16)21/h1-4,6-7,9-10,15,21H,5,8,11-14H2,(H2,24,25)(H,26,27)/t21-/m1/s1. The normalized spacial score (nSPS) is 18.5. The first-order valence-corrected chi connectivity index (χ1v) is 10.2. The van der Waals surface area contributed by atoms with Crippen LogP contribution in [0.2, 0.25) is 0 Å². The molecule has 1 atom stereocenters. The van der Waals surface area contributed by atoms with Crippen LogP contribution >= 0.6 is 0 Å². The largest absolute Gasteiger partial charge is 0.378 e. The van der Waals surface area contributed by atoms with Gasteiger partial charge in [0.25, 0.3) is 0 Å². The van der Waals surface area contributed by atoms with Crippen LogP contribution in [0, 0.1) is 5.41 Å². The lowest BCUT2D eigenvalue weighted by Gasteiger charge is -2.29. The van der Waals surface area contributed by atoms with Crippen LogP contribution in [0.15, 0.2) is 54.6 Å². The molecule has 29 heavy (non-hydrogen) atoms. The Bertz CT molecular complexity index is 1040. The summed E-state index contributed by atoms with van der Waals surface area (Å²) in [5.41, 5.74) is 4.67. The van der Waals surface area contributed by atoms with Crippen LogP contribution in [-0.2, 0) is 11.2 Å². The molecule has 1 saturated heterocycles. The van der Waals surface area contributed by atoms with Crippen molar-refractivity contribution in [1.29, 1.82) is 5.41 Å². The Labute approximate surface area is 170 Å². The number of guanidine groups is 1. The van der Waals surface area contributed by atoms with Gasteiger partial charge in [0.1, 0.15) is 5.82 Å². The Kier molecular flexibility index (Phi) is 4.77. The van der Waals surface area contributed by atoms with E-state index in [-0.39, 0.29) is 0 Å². The molecule has 0 saturated carbocycles. The van der Waals surface area contributed by atoms with Gasteiger partial charge in [-0.05, 0) is 54.3 Å². The van der Waals surface area contributed by atoms with E-state index < -0.39 is 0 Å². The van der Waals surface area contributed by atoms with Crippen molar-refractivity contribution < 1.29 is 4.74 Å². The molecule has 2 aromatic carbocycles. The van der Waals surface area contributed by atoms with Crippen LogP contribution in [-0.4, -0.2) is 42.1 Å². The third-order valence-electron chi connectivity index (χ3n) is 5.73. The van der Waals surface area contributed by atoms with Gasteiger partial charge in [-0.25, -0.2) is 4.98 Å². The van der Waals surface area contributed by atoms with Gasteiger partial charge in [-0.15, -0.1) is 0 Å². The fourth-order valence-corrected chi connectivity index (χ4v) is 4.17. The number of hydrogen-bond acceptors (Lipinski definition) is 4. The molecule has 0 radical (unpaired) electrons. The molecule has 6 nitrogen and oxygen atoms in total. The van der Waals surface area contributed by atoms with Gasteiger partial charge in [-0.2, -0.15) is 0 Å². The summed E-state index contributed by atoms with van der Waals surface area (Å²) in [5.74, 6) is 1.32. The molecule has 1 fully saturated rings. The highest BCUT2D eigenvalue weighted by Crippen LogP contribution is 2.33. The molecule has 0 bridgehead atoms. The molecule has 5 rings (SSSR count). The van der Waals surface area contributed by atoms with Crippen LogP contribution < -0.4 is 10.6 Å². The minimum Gasteiger partial charge on any atom is -0.378 e. The quantitative estimate of drug-likeness (QED) is 0.468. The molecule has 2 aliphatic rings. The van der Waals surface area contributed by atoms with Crippen molar-refractivity contribution in [3.63, 3.8) is 0 Å². The zero-order valence-corrected chi connectivity index (χ0v) is 16.3. The van der Waals surface area contributed by atoms with Crippen LogP contribution in [0.5, 0.6) is 0 Å². The summed E-state index contributed by atoms with van der Waals surface area (Å²) in [6.07, 6.45) is 2.22. The fraction of sp³-hybridized carbons (Fsp3) is 0.304. The van der Waals surface area contributed by atoms with Gasteiger partial charge >= 0.3 is 0 Å². The number of aryl methyl sites for hydroxylation is 1. The van der Waals surface area contributed by atoms with Gasteiger partial charge in [-0.1, -0.05) is 24.3 Å². The summed E-state index contributed by atoms with van der Waals surface area (Å²) in [4.78, 5) is 6.80. The summed E-state index contributed by atoms with van der Waals surface area (Å²) in [6.45, 7) is 2.85. The number of benzene rings is 2. The Morgan fingerprint density at radius 1 is 1.07 bits per heavy atom. The Hall–Kier alpha value is -3.12. The van der Waals surface area contributed by atoms with Crippen molar-refractivity contribution in [3.8, 4) is 0 Å². The lowest BCUT2D eigenvalue weighted by molar-refractivity contribution is 0.0677. The van der Waals surface area contributed by atoms with E-state index in [4.69, 9.17) is 15.1 Å². The third-order valence-corrected chi connectivity index (χ3v) is 5.73. The van der Waals surface area contributed by atoms with Crippen molar-refractivity contribution in [1.82, 2.24) is 9.88 Å². The summed E-state index contributed by atoms with van der Waals surface area (Å²) in [7, 11) is 0. The maximum Gasteiger partial charge on any atom is 0.195 e. The lowest BCUT2D eigenvalue weighted by atomic mass is 10.1. The number of morpholine rings is 1.